The summed E-state index contributed by atoms with van der Waals surface area (Å²) in [6, 6.07) is 15.4. The fraction of sp³-hybridized carbons (Fsp3) is 0.321. The zero-order valence-electron chi connectivity index (χ0n) is 20.0. The summed E-state index contributed by atoms with van der Waals surface area (Å²) in [5.74, 6) is 1.75. The Labute approximate surface area is 205 Å². The van der Waals surface area contributed by atoms with Crippen molar-refractivity contribution in [1.29, 1.82) is 0 Å². The third-order valence-corrected chi connectivity index (χ3v) is 6.38. The van der Waals surface area contributed by atoms with Crippen molar-refractivity contribution in [3.8, 4) is 17.2 Å². The predicted molar refractivity (Wildman–Crippen MR) is 132 cm³/mol. The monoisotopic (exact) mass is 471 g/mol. The van der Waals surface area contributed by atoms with Gasteiger partial charge in [-0.15, -0.1) is 0 Å². The van der Waals surface area contributed by atoms with E-state index in [0.717, 1.165) is 28.9 Å². The molecule has 4 heterocycles. The largest absolute Gasteiger partial charge is 0.494 e. The maximum atomic E-state index is 13.2. The summed E-state index contributed by atoms with van der Waals surface area (Å²) in [6.45, 7) is 5.45. The molecular formula is C28H29N3O4. The second-order valence-electron chi connectivity index (χ2n) is 9.24. The molecule has 1 atom stereocenters. The van der Waals surface area contributed by atoms with Crippen molar-refractivity contribution in [3.63, 3.8) is 0 Å². The molecule has 3 aliphatic heterocycles. The van der Waals surface area contributed by atoms with Crippen LogP contribution in [-0.2, 0) is 11.2 Å². The van der Waals surface area contributed by atoms with Gasteiger partial charge in [0.1, 0.15) is 17.2 Å². The number of ether oxygens (including phenoxy) is 2. The lowest BCUT2D eigenvalue weighted by atomic mass is 9.87. The zero-order valence-corrected chi connectivity index (χ0v) is 20.0. The molecule has 0 saturated heterocycles. The molecule has 1 aromatic heterocycles. The van der Waals surface area contributed by atoms with Crippen LogP contribution in [0.4, 0.5) is 0 Å². The molecule has 0 radical (unpaired) electrons. The van der Waals surface area contributed by atoms with E-state index in [1.807, 2.05) is 61.2 Å². The second kappa shape index (κ2) is 9.78. The van der Waals surface area contributed by atoms with Crippen LogP contribution in [0.1, 0.15) is 53.4 Å². The Balaban J connectivity index is 1.58. The molecule has 1 N–H and O–H groups in total. The highest BCUT2D eigenvalue weighted by Crippen LogP contribution is 2.39. The van der Waals surface area contributed by atoms with Gasteiger partial charge in [-0.25, -0.2) is 0 Å². The summed E-state index contributed by atoms with van der Waals surface area (Å²) in [4.78, 5) is 31.9. The standard InChI is InChI=1S/C28H29N3O4/c1-18(2)28(33)31-11-9-19-13-23-7-8-25(19)26(31)20-5-3-6-22(14-20)34-12-4-10-30-27(32)21-15-24(35-23)17-29-16-21/h3,5-8,13-18,26H,4,9-12H2,1-2H3,(H,30,32). The fourth-order valence-corrected chi connectivity index (χ4v) is 4.67. The number of pyridine rings is 1. The lowest BCUT2D eigenvalue weighted by Gasteiger charge is -2.39. The topological polar surface area (TPSA) is 80.8 Å². The van der Waals surface area contributed by atoms with Crippen molar-refractivity contribution < 1.29 is 19.1 Å². The predicted octanol–water partition coefficient (Wildman–Crippen LogP) is 4.52. The molecule has 3 aromatic rings. The minimum Gasteiger partial charge on any atom is -0.494 e. The molecule has 180 valence electrons. The van der Waals surface area contributed by atoms with Crippen molar-refractivity contribution in [2.24, 2.45) is 5.92 Å². The number of carbonyl (C=O) groups excluding carboxylic acids is 2. The molecule has 0 fully saturated rings. The summed E-state index contributed by atoms with van der Waals surface area (Å²) in [5, 5.41) is 2.90. The molecule has 7 nitrogen and oxygen atoms in total. The Hall–Kier alpha value is -3.87. The maximum absolute atomic E-state index is 13.2. The first kappa shape index (κ1) is 22.9. The molecule has 6 rings (SSSR count). The van der Waals surface area contributed by atoms with Gasteiger partial charge in [-0.1, -0.05) is 32.0 Å². The first-order valence-corrected chi connectivity index (χ1v) is 12.1. The fourth-order valence-electron chi connectivity index (χ4n) is 4.67. The van der Waals surface area contributed by atoms with Crippen molar-refractivity contribution in [2.75, 3.05) is 19.7 Å². The van der Waals surface area contributed by atoms with E-state index < -0.39 is 0 Å². The number of benzene rings is 2. The molecule has 2 amide bonds. The number of amides is 2. The van der Waals surface area contributed by atoms with E-state index in [0.29, 0.717) is 43.2 Å². The van der Waals surface area contributed by atoms with E-state index in [-0.39, 0.29) is 23.8 Å². The summed E-state index contributed by atoms with van der Waals surface area (Å²) in [6.07, 6.45) is 4.52. The SMILES string of the molecule is CC(C)C(=O)N1CCc2cc3ccc2C1c1cccc(c1)OCCCNC(=O)c1cncc(c1)O3. The number of aromatic nitrogens is 1. The van der Waals surface area contributed by atoms with Crippen molar-refractivity contribution in [3.05, 3.63) is 83.2 Å². The minimum absolute atomic E-state index is 0.0957. The Morgan fingerprint density at radius 1 is 1.09 bits per heavy atom. The maximum Gasteiger partial charge on any atom is 0.252 e. The van der Waals surface area contributed by atoms with E-state index >= 15 is 0 Å². The number of hydrogen-bond acceptors (Lipinski definition) is 5. The van der Waals surface area contributed by atoms with Crippen LogP contribution in [-0.4, -0.2) is 41.4 Å². The number of hydrogen-bond donors (Lipinski definition) is 1. The third kappa shape index (κ3) is 4.85. The van der Waals surface area contributed by atoms with Crippen molar-refractivity contribution in [2.45, 2.75) is 32.7 Å². The summed E-state index contributed by atoms with van der Waals surface area (Å²) >= 11 is 0. The smallest absolute Gasteiger partial charge is 0.252 e. The van der Waals surface area contributed by atoms with Crippen LogP contribution in [0.25, 0.3) is 0 Å². The van der Waals surface area contributed by atoms with E-state index in [1.165, 1.54) is 6.20 Å². The number of nitrogens with one attached hydrogen (secondary N) is 1. The summed E-state index contributed by atoms with van der Waals surface area (Å²) < 4.78 is 12.1. The van der Waals surface area contributed by atoms with E-state index in [4.69, 9.17) is 9.47 Å². The lowest BCUT2D eigenvalue weighted by molar-refractivity contribution is -0.136. The van der Waals surface area contributed by atoms with Gasteiger partial charge in [-0.2, -0.15) is 0 Å². The van der Waals surface area contributed by atoms with Gasteiger partial charge in [0.15, 0.2) is 0 Å². The van der Waals surface area contributed by atoms with E-state index in [9.17, 15) is 9.59 Å². The molecule has 8 bridgehead atoms. The molecule has 0 saturated carbocycles. The Kier molecular flexibility index (Phi) is 6.40. The average Bonchev–Trinajstić information content (AvgIpc) is 2.87. The molecule has 3 aliphatic rings. The van der Waals surface area contributed by atoms with Crippen LogP contribution in [0, 0.1) is 5.92 Å². The summed E-state index contributed by atoms with van der Waals surface area (Å²) in [5.41, 5.74) is 3.67. The first-order valence-electron chi connectivity index (χ1n) is 12.1. The highest BCUT2D eigenvalue weighted by atomic mass is 16.5. The number of carbonyl (C=O) groups is 2. The highest BCUT2D eigenvalue weighted by Gasteiger charge is 2.33. The molecule has 35 heavy (non-hydrogen) atoms. The lowest BCUT2D eigenvalue weighted by Crippen LogP contribution is -2.42. The summed E-state index contributed by atoms with van der Waals surface area (Å²) in [7, 11) is 0. The highest BCUT2D eigenvalue weighted by molar-refractivity contribution is 5.94. The molecule has 0 spiro atoms. The van der Waals surface area contributed by atoms with Crippen molar-refractivity contribution >= 4 is 11.8 Å². The van der Waals surface area contributed by atoms with Crippen LogP contribution in [0.15, 0.2) is 60.9 Å². The van der Waals surface area contributed by atoms with Crippen LogP contribution >= 0.6 is 0 Å². The minimum atomic E-state index is -0.200. The van der Waals surface area contributed by atoms with Gasteiger partial charge in [0.25, 0.3) is 5.91 Å². The molecule has 7 heteroatoms. The average molecular weight is 472 g/mol. The number of rotatable bonds is 1. The third-order valence-electron chi connectivity index (χ3n) is 6.38. The Morgan fingerprint density at radius 3 is 2.83 bits per heavy atom. The normalized spacial score (nSPS) is 17.6. The Bertz CT molecular complexity index is 1260. The van der Waals surface area contributed by atoms with Gasteiger partial charge in [0.05, 0.1) is 24.4 Å². The Morgan fingerprint density at radius 2 is 1.97 bits per heavy atom. The van der Waals surface area contributed by atoms with E-state index in [2.05, 4.69) is 10.3 Å². The van der Waals surface area contributed by atoms with Crippen LogP contribution < -0.4 is 14.8 Å². The van der Waals surface area contributed by atoms with Gasteiger partial charge in [0.2, 0.25) is 5.91 Å². The van der Waals surface area contributed by atoms with Crippen LogP contribution in [0.2, 0.25) is 0 Å². The van der Waals surface area contributed by atoms with Gasteiger partial charge in [0, 0.05) is 25.2 Å². The van der Waals surface area contributed by atoms with Gasteiger partial charge in [-0.05, 0) is 59.9 Å². The number of fused-ring (bicyclic) bond motifs is 6. The quantitative estimate of drug-likeness (QED) is 0.565. The second-order valence-corrected chi connectivity index (χ2v) is 9.24. The molecule has 0 aliphatic carbocycles. The molecule has 1 unspecified atom stereocenters. The first-order chi connectivity index (χ1) is 17.0. The van der Waals surface area contributed by atoms with Gasteiger partial charge in [-0.3, -0.25) is 14.6 Å². The number of nitrogens with zero attached hydrogens (tertiary/aromatic N) is 2. The molecule has 2 aromatic carbocycles. The van der Waals surface area contributed by atoms with Gasteiger partial charge >= 0.3 is 0 Å². The van der Waals surface area contributed by atoms with Crippen molar-refractivity contribution in [1.82, 2.24) is 15.2 Å². The zero-order chi connectivity index (χ0) is 24.4. The molecular weight excluding hydrogens is 442 g/mol. The van der Waals surface area contributed by atoms with E-state index in [1.54, 1.807) is 12.3 Å². The van der Waals surface area contributed by atoms with Crippen LogP contribution in [0.5, 0.6) is 17.2 Å². The van der Waals surface area contributed by atoms with Gasteiger partial charge < -0.3 is 19.7 Å². The van der Waals surface area contributed by atoms with Crippen LogP contribution in [0.3, 0.4) is 0 Å².